The molecule has 0 radical (unpaired) electrons. The lowest BCUT2D eigenvalue weighted by atomic mass is 9.66. The van der Waals surface area contributed by atoms with E-state index in [1.807, 2.05) is 0 Å². The fraction of sp³-hybridized carbons (Fsp3) is 0.520. The van der Waals surface area contributed by atoms with E-state index in [1.54, 1.807) is 16.7 Å². The Bertz CT molecular complexity index is 837. The van der Waals surface area contributed by atoms with Crippen molar-refractivity contribution in [3.05, 3.63) is 53.1 Å². The number of benzene rings is 2. The largest absolute Gasteiger partial charge is 0.396 e. The summed E-state index contributed by atoms with van der Waals surface area (Å²) in [7, 11) is 0. The van der Waals surface area contributed by atoms with Gasteiger partial charge >= 0.3 is 0 Å². The topological polar surface area (TPSA) is 20.2 Å². The molecule has 0 heterocycles. The molecule has 26 heavy (non-hydrogen) atoms. The maximum atomic E-state index is 9.64. The smallest absolute Gasteiger partial charge is 0.0436 e. The second-order valence-electron chi connectivity index (χ2n) is 9.60. The molecule has 2 aliphatic carbocycles. The Kier molecular flexibility index (Phi) is 4.69. The number of hydrogen-bond donors (Lipinski definition) is 1. The lowest BCUT2D eigenvalue weighted by molar-refractivity contribution is 0.219. The summed E-state index contributed by atoms with van der Waals surface area (Å²) in [6, 6.07) is 13.5. The van der Waals surface area contributed by atoms with Crippen LogP contribution in [0.2, 0.25) is 0 Å². The van der Waals surface area contributed by atoms with Crippen LogP contribution in [0.4, 0.5) is 0 Å². The van der Waals surface area contributed by atoms with E-state index in [2.05, 4.69) is 57.2 Å². The van der Waals surface area contributed by atoms with Gasteiger partial charge in [-0.15, -0.1) is 0 Å². The molecule has 0 fully saturated rings. The first-order chi connectivity index (χ1) is 12.5. The molecule has 2 atom stereocenters. The van der Waals surface area contributed by atoms with Gasteiger partial charge in [0.05, 0.1) is 0 Å². The minimum atomic E-state index is 0.314. The van der Waals surface area contributed by atoms with Crippen molar-refractivity contribution in [1.82, 2.24) is 0 Å². The Morgan fingerprint density at radius 3 is 2.62 bits per heavy atom. The van der Waals surface area contributed by atoms with Gasteiger partial charge in [-0.1, -0.05) is 62.7 Å². The van der Waals surface area contributed by atoms with Crippen molar-refractivity contribution in [3.8, 4) is 0 Å². The molecule has 0 aromatic heterocycles. The van der Waals surface area contributed by atoms with Crippen LogP contribution >= 0.6 is 0 Å². The van der Waals surface area contributed by atoms with Gasteiger partial charge in [-0.2, -0.15) is 0 Å². The quantitative estimate of drug-likeness (QED) is 0.682. The van der Waals surface area contributed by atoms with E-state index in [-0.39, 0.29) is 0 Å². The molecule has 0 aliphatic heterocycles. The number of hydrogen-bond acceptors (Lipinski definition) is 1. The van der Waals surface area contributed by atoms with Crippen LogP contribution in [0.3, 0.4) is 0 Å². The Morgan fingerprint density at radius 2 is 1.85 bits per heavy atom. The maximum Gasteiger partial charge on any atom is 0.0436 e. The highest BCUT2D eigenvalue weighted by Gasteiger charge is 2.34. The molecule has 0 saturated heterocycles. The summed E-state index contributed by atoms with van der Waals surface area (Å²) < 4.78 is 0. The predicted molar refractivity (Wildman–Crippen MR) is 111 cm³/mol. The maximum absolute atomic E-state index is 9.64. The van der Waals surface area contributed by atoms with Gasteiger partial charge in [0.2, 0.25) is 0 Å². The van der Waals surface area contributed by atoms with Crippen LogP contribution in [0.1, 0.15) is 64.0 Å². The van der Waals surface area contributed by atoms with Crippen LogP contribution in [-0.4, -0.2) is 11.7 Å². The Balaban J connectivity index is 1.78. The standard InChI is InChI=1S/C25H32O/c1-25(2,3)16-17-14-19(12-13-26)21-10-11-22-20-7-5-4-6-18(20)8-9-23(22)24(21)15-17/h4-9,17,19,26H,10-16H2,1-3H3. The highest BCUT2D eigenvalue weighted by Crippen LogP contribution is 2.49. The van der Waals surface area contributed by atoms with E-state index in [1.165, 1.54) is 42.0 Å². The summed E-state index contributed by atoms with van der Waals surface area (Å²) in [5, 5.41) is 12.4. The number of rotatable bonds is 3. The summed E-state index contributed by atoms with van der Waals surface area (Å²) >= 11 is 0. The van der Waals surface area contributed by atoms with Crippen LogP contribution in [0, 0.1) is 17.3 Å². The second-order valence-corrected chi connectivity index (χ2v) is 9.60. The van der Waals surface area contributed by atoms with Gasteiger partial charge in [0.1, 0.15) is 0 Å². The highest BCUT2D eigenvalue weighted by atomic mass is 16.3. The molecule has 0 bridgehead atoms. The van der Waals surface area contributed by atoms with Crippen molar-refractivity contribution in [1.29, 1.82) is 0 Å². The number of fused-ring (bicyclic) bond motifs is 4. The molecule has 0 spiro atoms. The van der Waals surface area contributed by atoms with Crippen molar-refractivity contribution in [2.24, 2.45) is 17.3 Å². The molecule has 1 N–H and O–H groups in total. The molecule has 1 nitrogen and oxygen atoms in total. The molecular formula is C25H32O. The summed E-state index contributed by atoms with van der Waals surface area (Å²) in [6.45, 7) is 7.40. The molecule has 2 unspecified atom stereocenters. The van der Waals surface area contributed by atoms with E-state index < -0.39 is 0 Å². The minimum absolute atomic E-state index is 0.314. The highest BCUT2D eigenvalue weighted by molar-refractivity contribution is 5.92. The van der Waals surface area contributed by atoms with Crippen molar-refractivity contribution >= 4 is 16.3 Å². The summed E-state index contributed by atoms with van der Waals surface area (Å²) in [6.07, 6.45) is 7.03. The van der Waals surface area contributed by atoms with Crippen molar-refractivity contribution in [3.63, 3.8) is 0 Å². The number of aliphatic hydroxyl groups excluding tert-OH is 1. The zero-order valence-corrected chi connectivity index (χ0v) is 16.5. The normalized spacial score (nSPS) is 23.1. The van der Waals surface area contributed by atoms with E-state index in [0.29, 0.717) is 17.9 Å². The van der Waals surface area contributed by atoms with Crippen LogP contribution in [0.15, 0.2) is 42.0 Å². The SMILES string of the molecule is CC(C)(C)CC1CC2=C(CCc3c2ccc2ccccc32)C(CCO)C1. The molecule has 138 valence electrons. The molecule has 2 aromatic carbocycles. The van der Waals surface area contributed by atoms with Gasteiger partial charge < -0.3 is 5.11 Å². The number of aliphatic hydroxyl groups is 1. The van der Waals surface area contributed by atoms with E-state index in [4.69, 9.17) is 0 Å². The van der Waals surface area contributed by atoms with Crippen LogP contribution in [0.25, 0.3) is 16.3 Å². The first kappa shape index (κ1) is 17.8. The average Bonchev–Trinajstić information content (AvgIpc) is 2.60. The Labute approximate surface area is 158 Å². The minimum Gasteiger partial charge on any atom is -0.396 e. The van der Waals surface area contributed by atoms with Crippen LogP contribution in [-0.2, 0) is 6.42 Å². The van der Waals surface area contributed by atoms with E-state index in [9.17, 15) is 5.11 Å². The zero-order valence-electron chi connectivity index (χ0n) is 16.5. The Hall–Kier alpha value is -1.60. The third-order valence-electron chi connectivity index (χ3n) is 6.38. The van der Waals surface area contributed by atoms with E-state index >= 15 is 0 Å². The molecule has 0 amide bonds. The monoisotopic (exact) mass is 348 g/mol. The van der Waals surface area contributed by atoms with Gasteiger partial charge in [-0.3, -0.25) is 0 Å². The fourth-order valence-corrected chi connectivity index (χ4v) is 5.55. The van der Waals surface area contributed by atoms with Crippen molar-refractivity contribution < 1.29 is 5.11 Å². The third-order valence-corrected chi connectivity index (χ3v) is 6.38. The fourth-order valence-electron chi connectivity index (χ4n) is 5.55. The van der Waals surface area contributed by atoms with Crippen molar-refractivity contribution in [2.75, 3.05) is 6.61 Å². The molecule has 0 saturated carbocycles. The molecule has 2 aromatic rings. The summed E-state index contributed by atoms with van der Waals surface area (Å²) in [5.74, 6) is 1.32. The first-order valence-electron chi connectivity index (χ1n) is 10.3. The number of aryl methyl sites for hydroxylation is 1. The predicted octanol–water partition coefficient (Wildman–Crippen LogP) is 6.38. The molecule has 1 heteroatoms. The molecular weight excluding hydrogens is 316 g/mol. The van der Waals surface area contributed by atoms with Crippen molar-refractivity contribution in [2.45, 2.75) is 59.3 Å². The van der Waals surface area contributed by atoms with Gasteiger partial charge in [-0.25, -0.2) is 0 Å². The number of allylic oxidation sites excluding steroid dienone is 2. The van der Waals surface area contributed by atoms with Gasteiger partial charge in [0.15, 0.2) is 0 Å². The second kappa shape index (κ2) is 6.85. The average molecular weight is 349 g/mol. The lowest BCUT2D eigenvalue weighted by Gasteiger charge is -2.39. The first-order valence-corrected chi connectivity index (χ1v) is 10.3. The van der Waals surface area contributed by atoms with E-state index in [0.717, 1.165) is 18.8 Å². The van der Waals surface area contributed by atoms with Crippen LogP contribution in [0.5, 0.6) is 0 Å². The Morgan fingerprint density at radius 1 is 1.04 bits per heavy atom. The molecule has 4 rings (SSSR count). The van der Waals surface area contributed by atoms with Gasteiger partial charge in [0, 0.05) is 6.61 Å². The zero-order chi connectivity index (χ0) is 18.3. The van der Waals surface area contributed by atoms with Gasteiger partial charge in [0.25, 0.3) is 0 Å². The lowest BCUT2D eigenvalue weighted by Crippen LogP contribution is -2.26. The molecule has 2 aliphatic rings. The third kappa shape index (κ3) is 3.34. The van der Waals surface area contributed by atoms with Crippen LogP contribution < -0.4 is 0 Å². The van der Waals surface area contributed by atoms with Gasteiger partial charge in [-0.05, 0) is 83.2 Å². The summed E-state index contributed by atoms with van der Waals surface area (Å²) in [5.41, 5.74) is 6.71. The summed E-state index contributed by atoms with van der Waals surface area (Å²) in [4.78, 5) is 0.